The highest BCUT2D eigenvalue weighted by atomic mass is 16.5. The highest BCUT2D eigenvalue weighted by molar-refractivity contribution is 5.94. The highest BCUT2D eigenvalue weighted by Crippen LogP contribution is 2.23. The number of carbonyl (C=O) groups is 2. The lowest BCUT2D eigenvalue weighted by atomic mass is 10.1. The number of benzene rings is 1. The summed E-state index contributed by atoms with van der Waals surface area (Å²) in [6.45, 7) is 4.05. The van der Waals surface area contributed by atoms with Gasteiger partial charge in [-0.05, 0) is 44.0 Å². The van der Waals surface area contributed by atoms with Crippen LogP contribution in [0.5, 0.6) is 0 Å². The summed E-state index contributed by atoms with van der Waals surface area (Å²) in [7, 11) is 0. The lowest BCUT2D eigenvalue weighted by Crippen LogP contribution is -2.38. The molecule has 2 aliphatic heterocycles. The quantitative estimate of drug-likeness (QED) is 0.613. The summed E-state index contributed by atoms with van der Waals surface area (Å²) in [5, 5.41) is 0. The van der Waals surface area contributed by atoms with Crippen LogP contribution in [-0.4, -0.2) is 43.7 Å². The van der Waals surface area contributed by atoms with E-state index in [1.807, 2.05) is 24.3 Å². The average molecular weight is 331 g/mol. The van der Waals surface area contributed by atoms with Crippen LogP contribution in [0.2, 0.25) is 0 Å². The molecule has 5 heteroatoms. The van der Waals surface area contributed by atoms with E-state index in [1.54, 1.807) is 6.92 Å². The maximum absolute atomic E-state index is 12.0. The van der Waals surface area contributed by atoms with Crippen molar-refractivity contribution >= 4 is 17.4 Å². The third-order valence-electron chi connectivity index (χ3n) is 4.80. The van der Waals surface area contributed by atoms with Crippen LogP contribution in [0.25, 0.3) is 0 Å². The Balaban J connectivity index is 1.45. The first-order valence-corrected chi connectivity index (χ1v) is 8.79. The van der Waals surface area contributed by atoms with Gasteiger partial charge < -0.3 is 14.4 Å². The fourth-order valence-corrected chi connectivity index (χ4v) is 3.36. The molecule has 0 aromatic heterocycles. The average Bonchev–Trinajstić information content (AvgIpc) is 3.08. The van der Waals surface area contributed by atoms with Crippen LogP contribution >= 0.6 is 0 Å². The van der Waals surface area contributed by atoms with Gasteiger partial charge in [-0.2, -0.15) is 0 Å². The smallest absolute Gasteiger partial charge is 0.308 e. The van der Waals surface area contributed by atoms with E-state index in [2.05, 4.69) is 4.90 Å². The van der Waals surface area contributed by atoms with Gasteiger partial charge in [-0.1, -0.05) is 0 Å². The number of carbonyl (C=O) groups excluding carboxylic acids is 2. The van der Waals surface area contributed by atoms with Crippen LogP contribution in [-0.2, 0) is 14.3 Å². The van der Waals surface area contributed by atoms with Gasteiger partial charge in [0.1, 0.15) is 6.10 Å². The normalized spacial score (nSPS) is 21.7. The molecule has 5 nitrogen and oxygen atoms in total. The Bertz CT molecular complexity index is 570. The molecule has 0 spiro atoms. The van der Waals surface area contributed by atoms with Crippen LogP contribution in [0.15, 0.2) is 24.3 Å². The summed E-state index contributed by atoms with van der Waals surface area (Å²) in [6.07, 6.45) is 4.12. The zero-order valence-electron chi connectivity index (χ0n) is 14.2. The van der Waals surface area contributed by atoms with Gasteiger partial charge in [-0.25, -0.2) is 0 Å². The molecule has 1 atom stereocenters. The predicted octanol–water partition coefficient (Wildman–Crippen LogP) is 2.97. The van der Waals surface area contributed by atoms with Crippen molar-refractivity contribution in [2.24, 2.45) is 0 Å². The molecule has 0 amide bonds. The number of Topliss-reactive ketones (excluding diaryl/α,β-unsaturated/α-hetero) is 1. The third-order valence-corrected chi connectivity index (χ3v) is 4.80. The monoisotopic (exact) mass is 331 g/mol. The van der Waals surface area contributed by atoms with E-state index < -0.39 is 0 Å². The summed E-state index contributed by atoms with van der Waals surface area (Å²) >= 11 is 0. The molecule has 0 radical (unpaired) electrons. The van der Waals surface area contributed by atoms with Gasteiger partial charge in [0.15, 0.2) is 5.78 Å². The van der Waals surface area contributed by atoms with Crippen LogP contribution in [0, 0.1) is 0 Å². The maximum Gasteiger partial charge on any atom is 0.308 e. The molecule has 3 rings (SSSR count). The van der Waals surface area contributed by atoms with Crippen LogP contribution < -0.4 is 4.90 Å². The number of esters is 1. The first-order valence-electron chi connectivity index (χ1n) is 8.79. The zero-order chi connectivity index (χ0) is 16.9. The molecule has 0 bridgehead atoms. The lowest BCUT2D eigenvalue weighted by Gasteiger charge is -2.33. The maximum atomic E-state index is 12.0. The van der Waals surface area contributed by atoms with E-state index in [9.17, 15) is 9.59 Å². The first kappa shape index (κ1) is 17.0. The summed E-state index contributed by atoms with van der Waals surface area (Å²) in [6, 6.07) is 7.71. The Labute approximate surface area is 142 Å². The summed E-state index contributed by atoms with van der Waals surface area (Å²) in [5.41, 5.74) is 1.85. The molecular formula is C19H25NO4. The molecule has 1 aromatic carbocycles. The summed E-state index contributed by atoms with van der Waals surface area (Å²) in [4.78, 5) is 25.6. The van der Waals surface area contributed by atoms with Crippen molar-refractivity contribution in [3.8, 4) is 0 Å². The van der Waals surface area contributed by atoms with Gasteiger partial charge in [0.05, 0.1) is 12.5 Å². The molecule has 2 heterocycles. The fourth-order valence-electron chi connectivity index (χ4n) is 3.36. The summed E-state index contributed by atoms with van der Waals surface area (Å²) < 4.78 is 11.1. The molecule has 130 valence electrons. The summed E-state index contributed by atoms with van der Waals surface area (Å²) in [5.74, 6) is -0.0513. The van der Waals surface area contributed by atoms with Crippen molar-refractivity contribution in [1.29, 1.82) is 0 Å². The van der Waals surface area contributed by atoms with Gasteiger partial charge >= 0.3 is 5.97 Å². The molecule has 2 saturated heterocycles. The molecule has 0 aliphatic carbocycles. The van der Waals surface area contributed by atoms with E-state index in [4.69, 9.17) is 9.47 Å². The Morgan fingerprint density at radius 2 is 1.88 bits per heavy atom. The fraction of sp³-hybridized carbons (Fsp3) is 0.579. The van der Waals surface area contributed by atoms with Crippen molar-refractivity contribution < 1.29 is 19.1 Å². The molecule has 0 N–H and O–H groups in total. The number of anilines is 1. The highest BCUT2D eigenvalue weighted by Gasteiger charge is 2.25. The van der Waals surface area contributed by atoms with Crippen LogP contribution in [0.1, 0.15) is 49.4 Å². The van der Waals surface area contributed by atoms with Crippen molar-refractivity contribution in [2.45, 2.75) is 51.2 Å². The predicted molar refractivity (Wildman–Crippen MR) is 91.4 cm³/mol. The standard InChI is InChI=1S/C19H25NO4/c1-14(21)15-4-6-16(7-5-15)20-10-8-17(9-11-20)24-19(22)13-18-3-2-12-23-18/h4-7,17-18H,2-3,8-13H2,1H3/t18-/m1/s1. The van der Waals surface area contributed by atoms with Crippen molar-refractivity contribution in [3.05, 3.63) is 29.8 Å². The second kappa shape index (κ2) is 7.79. The lowest BCUT2D eigenvalue weighted by molar-refractivity contribution is -0.152. The Morgan fingerprint density at radius 3 is 2.46 bits per heavy atom. The number of piperidine rings is 1. The Hall–Kier alpha value is -1.88. The number of ketones is 1. The van der Waals surface area contributed by atoms with Crippen molar-refractivity contribution in [1.82, 2.24) is 0 Å². The van der Waals surface area contributed by atoms with E-state index in [0.717, 1.165) is 56.6 Å². The van der Waals surface area contributed by atoms with Gasteiger partial charge in [0.25, 0.3) is 0 Å². The first-order chi connectivity index (χ1) is 11.6. The SMILES string of the molecule is CC(=O)c1ccc(N2CCC(OC(=O)C[C@H]3CCCO3)CC2)cc1. The molecule has 2 fully saturated rings. The van der Waals surface area contributed by atoms with E-state index in [1.165, 1.54) is 0 Å². The number of rotatable bonds is 5. The largest absolute Gasteiger partial charge is 0.462 e. The van der Waals surface area contributed by atoms with Gasteiger partial charge in [-0.3, -0.25) is 9.59 Å². The molecule has 0 unspecified atom stereocenters. The van der Waals surface area contributed by atoms with E-state index >= 15 is 0 Å². The number of hydrogen-bond donors (Lipinski definition) is 0. The van der Waals surface area contributed by atoms with E-state index in [-0.39, 0.29) is 24.0 Å². The molecule has 24 heavy (non-hydrogen) atoms. The number of ether oxygens (including phenoxy) is 2. The zero-order valence-corrected chi connectivity index (χ0v) is 14.2. The second-order valence-corrected chi connectivity index (χ2v) is 6.62. The van der Waals surface area contributed by atoms with Crippen LogP contribution in [0.4, 0.5) is 5.69 Å². The molecule has 0 saturated carbocycles. The Morgan fingerprint density at radius 1 is 1.17 bits per heavy atom. The molecule has 1 aromatic rings. The number of hydrogen-bond acceptors (Lipinski definition) is 5. The van der Waals surface area contributed by atoms with Crippen LogP contribution in [0.3, 0.4) is 0 Å². The van der Waals surface area contributed by atoms with Crippen molar-refractivity contribution in [3.63, 3.8) is 0 Å². The molecular weight excluding hydrogens is 306 g/mol. The van der Waals surface area contributed by atoms with Crippen molar-refractivity contribution in [2.75, 3.05) is 24.6 Å². The Kier molecular flexibility index (Phi) is 5.51. The third kappa shape index (κ3) is 4.35. The second-order valence-electron chi connectivity index (χ2n) is 6.62. The minimum absolute atomic E-state index is 0.00615. The minimum Gasteiger partial charge on any atom is -0.462 e. The van der Waals surface area contributed by atoms with Gasteiger partial charge in [0.2, 0.25) is 0 Å². The van der Waals surface area contributed by atoms with E-state index in [0.29, 0.717) is 6.42 Å². The minimum atomic E-state index is -0.133. The number of nitrogens with zero attached hydrogens (tertiary/aromatic N) is 1. The van der Waals surface area contributed by atoms with Gasteiger partial charge in [0, 0.05) is 43.8 Å². The molecule has 2 aliphatic rings. The van der Waals surface area contributed by atoms with Gasteiger partial charge in [-0.15, -0.1) is 0 Å². The topological polar surface area (TPSA) is 55.8 Å².